The number of halogens is 1. The van der Waals surface area contributed by atoms with E-state index in [-0.39, 0.29) is 0 Å². The highest BCUT2D eigenvalue weighted by Gasteiger charge is 1.98. The Morgan fingerprint density at radius 3 is 2.56 bits per heavy atom. The summed E-state index contributed by atoms with van der Waals surface area (Å²) in [5.74, 6) is 0. The molecule has 0 aromatic heterocycles. The number of hydrogen-bond donors (Lipinski definition) is 0. The minimum Gasteiger partial charge on any atom is -0.163 e. The molecule has 0 aromatic rings. The summed E-state index contributed by atoms with van der Waals surface area (Å²) < 4.78 is 0. The van der Waals surface area contributed by atoms with E-state index in [0.717, 1.165) is 6.42 Å². The highest BCUT2D eigenvalue weighted by Crippen LogP contribution is 2.02. The monoisotopic (exact) mass is 161 g/mol. The number of allylic oxidation sites excluding steroid dienone is 1. The zero-order valence-corrected chi connectivity index (χ0v) is 7.91. The van der Waals surface area contributed by atoms with Crippen molar-refractivity contribution in [3.63, 3.8) is 0 Å². The van der Waals surface area contributed by atoms with Crippen LogP contribution in [0.5, 0.6) is 0 Å². The van der Waals surface area contributed by atoms with Crippen LogP contribution in [0.4, 0.5) is 0 Å². The number of rotatable bonds is 4. The molecule has 0 aromatic carbocycles. The average Bonchev–Trinajstić information content (AvgIpc) is 1.85. The normalized spacial score (nSPS) is 11.6. The van der Waals surface area contributed by atoms with Crippen molar-refractivity contribution >= 4 is 19.2 Å². The molecule has 0 fully saturated rings. The molecule has 0 spiro atoms. The van der Waals surface area contributed by atoms with E-state index in [9.17, 15) is 0 Å². The van der Waals surface area contributed by atoms with E-state index < -0.39 is 8.11 Å². The SMILES string of the molecule is CCC=C[Si](Cl)CCC. The lowest BCUT2D eigenvalue weighted by atomic mass is 10.5. The summed E-state index contributed by atoms with van der Waals surface area (Å²) in [5.41, 5.74) is 2.18. The van der Waals surface area contributed by atoms with Crippen molar-refractivity contribution in [3.05, 3.63) is 11.8 Å². The fourth-order valence-corrected chi connectivity index (χ4v) is 2.54. The Kier molecular flexibility index (Phi) is 6.54. The predicted molar refractivity (Wildman–Crippen MR) is 46.1 cm³/mol. The minimum atomic E-state index is -0.612. The largest absolute Gasteiger partial charge is 0.191 e. The molecule has 1 radical (unpaired) electrons. The highest BCUT2D eigenvalue weighted by molar-refractivity contribution is 7.09. The van der Waals surface area contributed by atoms with E-state index in [0.29, 0.717) is 0 Å². The quantitative estimate of drug-likeness (QED) is 0.439. The second-order valence-electron chi connectivity index (χ2n) is 2.01. The van der Waals surface area contributed by atoms with Crippen LogP contribution in [0.3, 0.4) is 0 Å². The molecule has 0 atom stereocenters. The van der Waals surface area contributed by atoms with Crippen LogP contribution in [-0.2, 0) is 0 Å². The van der Waals surface area contributed by atoms with Crippen LogP contribution in [0.25, 0.3) is 0 Å². The Morgan fingerprint density at radius 2 is 2.11 bits per heavy atom. The maximum absolute atomic E-state index is 5.97. The third-order valence-electron chi connectivity index (χ3n) is 1.02. The van der Waals surface area contributed by atoms with Gasteiger partial charge in [0.05, 0.1) is 0 Å². The molecule has 53 valence electrons. The molecule has 0 bridgehead atoms. The fraction of sp³-hybridized carbons (Fsp3) is 0.714. The van der Waals surface area contributed by atoms with E-state index in [1.54, 1.807) is 0 Å². The second kappa shape index (κ2) is 6.37. The zero-order chi connectivity index (χ0) is 7.11. The van der Waals surface area contributed by atoms with Gasteiger partial charge in [0.2, 0.25) is 0 Å². The molecule has 0 unspecified atom stereocenters. The third-order valence-corrected chi connectivity index (χ3v) is 3.54. The van der Waals surface area contributed by atoms with Crippen LogP contribution in [0.1, 0.15) is 26.7 Å². The van der Waals surface area contributed by atoms with E-state index >= 15 is 0 Å². The third kappa shape index (κ3) is 6.13. The fourth-order valence-electron chi connectivity index (χ4n) is 0.568. The van der Waals surface area contributed by atoms with E-state index in [1.807, 2.05) is 0 Å². The Labute approximate surface area is 64.2 Å². The van der Waals surface area contributed by atoms with Crippen molar-refractivity contribution in [1.29, 1.82) is 0 Å². The maximum Gasteiger partial charge on any atom is 0.191 e. The first-order chi connectivity index (χ1) is 4.31. The Balaban J connectivity index is 3.25. The molecule has 0 saturated carbocycles. The van der Waals surface area contributed by atoms with Gasteiger partial charge in [0.1, 0.15) is 0 Å². The van der Waals surface area contributed by atoms with Gasteiger partial charge in [-0.2, -0.15) is 11.1 Å². The first-order valence-corrected chi connectivity index (χ1v) is 6.28. The molecule has 9 heavy (non-hydrogen) atoms. The molecule has 0 heterocycles. The van der Waals surface area contributed by atoms with Crippen LogP contribution in [-0.4, -0.2) is 8.11 Å². The van der Waals surface area contributed by atoms with E-state index in [2.05, 4.69) is 25.6 Å². The summed E-state index contributed by atoms with van der Waals surface area (Å²) in [6, 6.07) is 1.20. The lowest BCUT2D eigenvalue weighted by molar-refractivity contribution is 1.07. The van der Waals surface area contributed by atoms with E-state index in [4.69, 9.17) is 11.1 Å². The van der Waals surface area contributed by atoms with Crippen LogP contribution >= 0.6 is 11.1 Å². The highest BCUT2D eigenvalue weighted by atomic mass is 35.6. The molecule has 0 N–H and O–H groups in total. The lowest BCUT2D eigenvalue weighted by Crippen LogP contribution is -1.96. The summed E-state index contributed by atoms with van der Waals surface area (Å²) in [7, 11) is -0.612. The summed E-state index contributed by atoms with van der Waals surface area (Å²) in [4.78, 5) is 0. The van der Waals surface area contributed by atoms with Crippen LogP contribution in [0.2, 0.25) is 6.04 Å². The van der Waals surface area contributed by atoms with Gasteiger partial charge in [-0.05, 0) is 12.5 Å². The Hall–Kier alpha value is 0.247. The molecule has 0 rings (SSSR count). The van der Waals surface area contributed by atoms with Crippen molar-refractivity contribution in [2.45, 2.75) is 32.7 Å². The molecule has 0 aliphatic carbocycles. The lowest BCUT2D eigenvalue weighted by Gasteiger charge is -1.94. The maximum atomic E-state index is 5.97. The zero-order valence-electron chi connectivity index (χ0n) is 6.15. The summed E-state index contributed by atoms with van der Waals surface area (Å²) in [5, 5.41) is 0. The smallest absolute Gasteiger partial charge is 0.163 e. The number of hydrogen-bond acceptors (Lipinski definition) is 0. The van der Waals surface area contributed by atoms with Crippen molar-refractivity contribution < 1.29 is 0 Å². The van der Waals surface area contributed by atoms with Gasteiger partial charge in [0.15, 0.2) is 8.11 Å². The van der Waals surface area contributed by atoms with Crippen LogP contribution in [0.15, 0.2) is 11.8 Å². The van der Waals surface area contributed by atoms with Gasteiger partial charge >= 0.3 is 0 Å². The van der Waals surface area contributed by atoms with Gasteiger partial charge < -0.3 is 0 Å². The molecule has 0 aliphatic heterocycles. The van der Waals surface area contributed by atoms with Gasteiger partial charge in [-0.15, -0.1) is 0 Å². The molecule has 0 nitrogen and oxygen atoms in total. The second-order valence-corrected chi connectivity index (χ2v) is 5.19. The average molecular weight is 162 g/mol. The Morgan fingerprint density at radius 1 is 1.44 bits per heavy atom. The van der Waals surface area contributed by atoms with Crippen molar-refractivity contribution in [2.75, 3.05) is 0 Å². The molecule has 0 amide bonds. The van der Waals surface area contributed by atoms with Crippen molar-refractivity contribution in [1.82, 2.24) is 0 Å². The summed E-state index contributed by atoms with van der Waals surface area (Å²) >= 11 is 5.97. The Bertz CT molecular complexity index is 81.0. The van der Waals surface area contributed by atoms with Crippen molar-refractivity contribution in [3.8, 4) is 0 Å². The summed E-state index contributed by atoms with van der Waals surface area (Å²) in [6.45, 7) is 4.31. The molecule has 2 heteroatoms. The molecular weight excluding hydrogens is 148 g/mol. The van der Waals surface area contributed by atoms with E-state index in [1.165, 1.54) is 12.5 Å². The first-order valence-electron chi connectivity index (χ1n) is 3.49. The van der Waals surface area contributed by atoms with Crippen LogP contribution < -0.4 is 0 Å². The van der Waals surface area contributed by atoms with Gasteiger partial charge in [-0.3, -0.25) is 0 Å². The molecule has 0 aliphatic rings. The molecule has 0 saturated heterocycles. The van der Waals surface area contributed by atoms with Gasteiger partial charge in [0.25, 0.3) is 0 Å². The van der Waals surface area contributed by atoms with Gasteiger partial charge in [0, 0.05) is 0 Å². The van der Waals surface area contributed by atoms with Gasteiger partial charge in [-0.1, -0.05) is 32.0 Å². The topological polar surface area (TPSA) is 0 Å². The first kappa shape index (κ1) is 9.25. The van der Waals surface area contributed by atoms with Crippen LogP contribution in [0, 0.1) is 0 Å². The van der Waals surface area contributed by atoms with Crippen molar-refractivity contribution in [2.24, 2.45) is 0 Å². The minimum absolute atomic E-state index is 0.612. The van der Waals surface area contributed by atoms with Gasteiger partial charge in [-0.25, -0.2) is 0 Å². The summed E-state index contributed by atoms with van der Waals surface area (Å²) in [6.07, 6.45) is 4.49. The predicted octanol–water partition coefficient (Wildman–Crippen LogP) is 3.13. The standard InChI is InChI=1S/C7H14ClSi/c1-3-5-7-9(8)6-4-2/h5,7H,3-4,6H2,1-2H3. The molecular formula is C7H14ClSi.